The molecule has 9 nitrogen and oxygen atoms in total. The third kappa shape index (κ3) is 4.15. The summed E-state index contributed by atoms with van der Waals surface area (Å²) < 4.78 is 59.7. The highest BCUT2D eigenvalue weighted by Crippen LogP contribution is 2.28. The molecule has 32 heavy (non-hydrogen) atoms. The van der Waals surface area contributed by atoms with Crippen LogP contribution in [0.1, 0.15) is 12.8 Å². The van der Waals surface area contributed by atoms with E-state index in [2.05, 4.69) is 10.2 Å². The van der Waals surface area contributed by atoms with Crippen LogP contribution in [0.4, 0.5) is 0 Å². The summed E-state index contributed by atoms with van der Waals surface area (Å²) in [5.74, 6) is 0.748. The number of aryl methyl sites for hydroxylation is 1. The Balaban J connectivity index is 1.47. The summed E-state index contributed by atoms with van der Waals surface area (Å²) in [7, 11) is -4.21. The first-order valence-corrected chi connectivity index (χ1v) is 13.0. The molecule has 0 bridgehead atoms. The number of rotatable bonds is 6. The van der Waals surface area contributed by atoms with Gasteiger partial charge in [-0.1, -0.05) is 24.3 Å². The molecule has 2 aromatic carbocycles. The fourth-order valence-corrected chi connectivity index (χ4v) is 7.02. The maximum absolute atomic E-state index is 13.1. The van der Waals surface area contributed by atoms with Crippen molar-refractivity contribution in [2.75, 3.05) is 20.2 Å². The van der Waals surface area contributed by atoms with Crippen molar-refractivity contribution in [2.45, 2.75) is 28.1 Å². The molecule has 0 unspecified atom stereocenters. The molecule has 170 valence electrons. The molecule has 1 aliphatic rings. The molecule has 4 rings (SSSR count). The number of sulfone groups is 1. The molecule has 0 aliphatic carbocycles. The van der Waals surface area contributed by atoms with Crippen LogP contribution in [-0.2, 0) is 26.9 Å². The SMILES string of the molecule is COc1ccc(-c2ccc(S(=O)(=O)N3CCC(S(=O)(=O)c4nncn4C)CC3)cc2)cc1. The van der Waals surface area contributed by atoms with E-state index in [-0.39, 0.29) is 36.0 Å². The number of benzene rings is 2. The van der Waals surface area contributed by atoms with Gasteiger partial charge in [0.25, 0.3) is 0 Å². The van der Waals surface area contributed by atoms with Crippen LogP contribution in [-0.4, -0.2) is 61.4 Å². The summed E-state index contributed by atoms with van der Waals surface area (Å²) in [4.78, 5) is 0.185. The molecule has 0 radical (unpaired) electrons. The van der Waals surface area contributed by atoms with Gasteiger partial charge in [-0.15, -0.1) is 10.2 Å². The molecular formula is C21H24N4O5S2. The first-order chi connectivity index (χ1) is 15.2. The number of nitrogens with zero attached hydrogens (tertiary/aromatic N) is 4. The van der Waals surface area contributed by atoms with Gasteiger partial charge in [-0.2, -0.15) is 4.31 Å². The summed E-state index contributed by atoms with van der Waals surface area (Å²) in [6.45, 7) is 0.259. The molecule has 1 aliphatic heterocycles. The van der Waals surface area contributed by atoms with Crippen molar-refractivity contribution in [3.05, 3.63) is 54.9 Å². The normalized spacial score (nSPS) is 16.2. The monoisotopic (exact) mass is 476 g/mol. The zero-order valence-electron chi connectivity index (χ0n) is 17.7. The highest BCUT2D eigenvalue weighted by Gasteiger charge is 2.37. The Morgan fingerprint density at radius 1 is 0.906 bits per heavy atom. The first-order valence-electron chi connectivity index (χ1n) is 10.1. The Labute approximate surface area is 187 Å². The lowest BCUT2D eigenvalue weighted by Crippen LogP contribution is -2.42. The number of methoxy groups -OCH3 is 1. The molecule has 1 fully saturated rings. The maximum atomic E-state index is 13.1. The van der Waals surface area contributed by atoms with Gasteiger partial charge in [-0.25, -0.2) is 16.8 Å². The lowest BCUT2D eigenvalue weighted by molar-refractivity contribution is 0.344. The molecule has 0 spiro atoms. The molecular weight excluding hydrogens is 452 g/mol. The van der Waals surface area contributed by atoms with Crippen LogP contribution in [0, 0.1) is 0 Å². The van der Waals surface area contributed by atoms with Crippen LogP contribution in [0.25, 0.3) is 11.1 Å². The second-order valence-corrected chi connectivity index (χ2v) is 11.7. The van der Waals surface area contributed by atoms with Gasteiger partial charge in [0, 0.05) is 20.1 Å². The van der Waals surface area contributed by atoms with E-state index in [1.807, 2.05) is 24.3 Å². The minimum atomic E-state index is -3.72. The molecule has 1 saturated heterocycles. The Kier molecular flexibility index (Phi) is 6.06. The minimum Gasteiger partial charge on any atom is -0.497 e. The fraction of sp³-hybridized carbons (Fsp3) is 0.333. The van der Waals surface area contributed by atoms with Gasteiger partial charge in [0.15, 0.2) is 0 Å². The summed E-state index contributed by atoms with van der Waals surface area (Å²) in [5.41, 5.74) is 1.84. The van der Waals surface area contributed by atoms with Crippen LogP contribution >= 0.6 is 0 Å². The van der Waals surface area contributed by atoms with Crippen LogP contribution in [0.15, 0.2) is 64.9 Å². The molecule has 1 aromatic heterocycles. The lowest BCUT2D eigenvalue weighted by Gasteiger charge is -2.30. The van der Waals surface area contributed by atoms with Gasteiger partial charge in [0.1, 0.15) is 12.1 Å². The highest BCUT2D eigenvalue weighted by molar-refractivity contribution is 7.92. The van der Waals surface area contributed by atoms with Crippen molar-refractivity contribution in [3.63, 3.8) is 0 Å². The highest BCUT2D eigenvalue weighted by atomic mass is 32.2. The summed E-state index contributed by atoms with van der Waals surface area (Å²) in [5, 5.41) is 6.57. The van der Waals surface area contributed by atoms with Gasteiger partial charge in [-0.3, -0.25) is 0 Å². The van der Waals surface area contributed by atoms with E-state index in [4.69, 9.17) is 4.74 Å². The Morgan fingerprint density at radius 2 is 1.47 bits per heavy atom. The number of sulfonamides is 1. The van der Waals surface area contributed by atoms with Crippen molar-refractivity contribution in [1.29, 1.82) is 0 Å². The largest absolute Gasteiger partial charge is 0.497 e. The molecule has 0 atom stereocenters. The average Bonchev–Trinajstić information content (AvgIpc) is 3.26. The fourth-order valence-electron chi connectivity index (χ4n) is 3.81. The van der Waals surface area contributed by atoms with Gasteiger partial charge < -0.3 is 9.30 Å². The third-order valence-corrected chi connectivity index (χ3v) is 9.82. The molecule has 2 heterocycles. The van der Waals surface area contributed by atoms with E-state index < -0.39 is 25.1 Å². The predicted molar refractivity (Wildman–Crippen MR) is 118 cm³/mol. The van der Waals surface area contributed by atoms with Gasteiger partial charge in [0.05, 0.1) is 17.3 Å². The van der Waals surface area contributed by atoms with Gasteiger partial charge in [-0.05, 0) is 48.2 Å². The van der Waals surface area contributed by atoms with E-state index in [0.29, 0.717) is 0 Å². The van der Waals surface area contributed by atoms with Crippen LogP contribution in [0.2, 0.25) is 0 Å². The second kappa shape index (κ2) is 8.64. The summed E-state index contributed by atoms with van der Waals surface area (Å²) >= 11 is 0. The van der Waals surface area contributed by atoms with Crippen LogP contribution < -0.4 is 4.74 Å². The smallest absolute Gasteiger partial charge is 0.249 e. The zero-order chi connectivity index (χ0) is 22.9. The van der Waals surface area contributed by atoms with Crippen molar-refractivity contribution in [1.82, 2.24) is 19.1 Å². The van der Waals surface area contributed by atoms with E-state index in [9.17, 15) is 16.8 Å². The summed E-state index contributed by atoms with van der Waals surface area (Å²) in [6, 6.07) is 14.2. The molecule has 0 saturated carbocycles. The number of hydrogen-bond acceptors (Lipinski definition) is 7. The quantitative estimate of drug-likeness (QED) is 0.536. The maximum Gasteiger partial charge on any atom is 0.249 e. The standard InChI is InChI=1S/C21H24N4O5S2/c1-24-15-22-23-21(24)31(26,27)19-11-13-25(14-12-19)32(28,29)20-9-5-17(6-10-20)16-3-7-18(30-2)8-4-16/h3-10,15,19H,11-14H2,1-2H3. The van der Waals surface area contributed by atoms with Gasteiger partial charge in [0.2, 0.25) is 25.0 Å². The first kappa shape index (κ1) is 22.4. The molecule has 0 N–H and O–H groups in total. The van der Waals surface area contributed by atoms with E-state index >= 15 is 0 Å². The number of aromatic nitrogens is 3. The molecule has 11 heteroatoms. The Hall–Kier alpha value is -2.76. The summed E-state index contributed by atoms with van der Waals surface area (Å²) in [6.07, 6.45) is 1.75. The topological polar surface area (TPSA) is 111 Å². The van der Waals surface area contributed by atoms with Crippen LogP contribution in [0.5, 0.6) is 5.75 Å². The third-order valence-electron chi connectivity index (χ3n) is 5.68. The number of hydrogen-bond donors (Lipinski definition) is 0. The minimum absolute atomic E-state index is 0.0899. The molecule has 0 amide bonds. The van der Waals surface area contributed by atoms with Gasteiger partial charge >= 0.3 is 0 Å². The second-order valence-electron chi connectivity index (χ2n) is 7.63. The lowest BCUT2D eigenvalue weighted by atomic mass is 10.1. The Bertz CT molecular complexity index is 1290. The van der Waals surface area contributed by atoms with Crippen molar-refractivity contribution in [3.8, 4) is 16.9 Å². The van der Waals surface area contributed by atoms with Crippen LogP contribution in [0.3, 0.4) is 0 Å². The zero-order valence-corrected chi connectivity index (χ0v) is 19.4. The van der Waals surface area contributed by atoms with E-state index in [1.165, 1.54) is 15.2 Å². The average molecular weight is 477 g/mol. The van der Waals surface area contributed by atoms with E-state index in [0.717, 1.165) is 16.9 Å². The number of ether oxygens (including phenoxy) is 1. The van der Waals surface area contributed by atoms with Crippen molar-refractivity contribution < 1.29 is 21.6 Å². The predicted octanol–water partition coefficient (Wildman–Crippen LogP) is 2.12. The Morgan fingerprint density at radius 3 is 1.97 bits per heavy atom. The van der Waals surface area contributed by atoms with Crippen molar-refractivity contribution in [2.24, 2.45) is 7.05 Å². The number of piperidine rings is 1. The van der Waals surface area contributed by atoms with E-state index in [1.54, 1.807) is 38.4 Å². The molecule has 3 aromatic rings. The van der Waals surface area contributed by atoms with Crippen molar-refractivity contribution >= 4 is 19.9 Å².